The van der Waals surface area contributed by atoms with Gasteiger partial charge in [-0.2, -0.15) is 5.10 Å². The molecule has 7 rings (SSSR count). The van der Waals surface area contributed by atoms with E-state index in [-0.39, 0.29) is 18.1 Å². The molecule has 188 valence electrons. The summed E-state index contributed by atoms with van der Waals surface area (Å²) in [6.07, 6.45) is 7.30. The number of amides is 1. The van der Waals surface area contributed by atoms with Crippen LogP contribution in [0.25, 0.3) is 22.2 Å². The Hall–Kier alpha value is -3.64. The van der Waals surface area contributed by atoms with Crippen LogP contribution in [0.15, 0.2) is 72.8 Å². The summed E-state index contributed by atoms with van der Waals surface area (Å²) in [4.78, 5) is 13.3. The zero-order chi connectivity index (χ0) is 24.8. The molecule has 1 unspecified atom stereocenters. The van der Waals surface area contributed by atoms with E-state index in [0.717, 1.165) is 53.6 Å². The summed E-state index contributed by atoms with van der Waals surface area (Å²) in [5, 5.41) is 15.6. The maximum atomic E-state index is 13.3. The first-order valence-corrected chi connectivity index (χ1v) is 13.6. The highest BCUT2D eigenvalue weighted by Gasteiger charge is 2.35. The zero-order valence-electron chi connectivity index (χ0n) is 20.8. The summed E-state index contributed by atoms with van der Waals surface area (Å²) in [6.45, 7) is 0. The molecule has 2 saturated heterocycles. The SMILES string of the molecule is O=C(NC(c1ccccc1)C1CC1)c1ccc2[nH]nc(-c3ccc(O[C@@H]4C[C@H]5CC[C@@H](C4)N5)cc3)c2c1. The van der Waals surface area contributed by atoms with Crippen molar-refractivity contribution in [3.05, 3.63) is 83.9 Å². The van der Waals surface area contributed by atoms with Gasteiger partial charge in [0.05, 0.1) is 17.3 Å². The third kappa shape index (κ3) is 4.62. The molecule has 2 aliphatic heterocycles. The van der Waals surface area contributed by atoms with Crippen LogP contribution in [-0.2, 0) is 0 Å². The summed E-state index contributed by atoms with van der Waals surface area (Å²) in [7, 11) is 0. The van der Waals surface area contributed by atoms with Gasteiger partial charge >= 0.3 is 0 Å². The van der Waals surface area contributed by atoms with Gasteiger partial charge in [-0.15, -0.1) is 0 Å². The lowest BCUT2D eigenvalue weighted by Crippen LogP contribution is -2.42. The smallest absolute Gasteiger partial charge is 0.251 e. The van der Waals surface area contributed by atoms with Crippen molar-refractivity contribution in [1.82, 2.24) is 20.8 Å². The van der Waals surface area contributed by atoms with Gasteiger partial charge in [-0.05, 0) is 92.5 Å². The van der Waals surface area contributed by atoms with E-state index < -0.39 is 0 Å². The van der Waals surface area contributed by atoms with Gasteiger partial charge in [0.2, 0.25) is 0 Å². The minimum Gasteiger partial charge on any atom is -0.490 e. The van der Waals surface area contributed by atoms with E-state index in [1.54, 1.807) is 0 Å². The summed E-state index contributed by atoms with van der Waals surface area (Å²) in [5.41, 5.74) is 4.58. The van der Waals surface area contributed by atoms with Crippen LogP contribution >= 0.6 is 0 Å². The summed E-state index contributed by atoms with van der Waals surface area (Å²) in [5.74, 6) is 1.37. The maximum Gasteiger partial charge on any atom is 0.251 e. The highest BCUT2D eigenvalue weighted by molar-refractivity contribution is 6.01. The average molecular weight is 493 g/mol. The van der Waals surface area contributed by atoms with Crippen molar-refractivity contribution < 1.29 is 9.53 Å². The predicted octanol–water partition coefficient (Wildman–Crippen LogP) is 5.77. The van der Waals surface area contributed by atoms with Crippen LogP contribution < -0.4 is 15.4 Å². The third-order valence-corrected chi connectivity index (χ3v) is 8.22. The number of hydrogen-bond donors (Lipinski definition) is 3. The first-order chi connectivity index (χ1) is 18.2. The molecule has 0 radical (unpaired) electrons. The van der Waals surface area contributed by atoms with Gasteiger partial charge in [0, 0.05) is 28.6 Å². The van der Waals surface area contributed by atoms with Gasteiger partial charge in [0.25, 0.3) is 5.91 Å². The number of hydrogen-bond acceptors (Lipinski definition) is 4. The lowest BCUT2D eigenvalue weighted by atomic mass is 10.0. The first-order valence-electron chi connectivity index (χ1n) is 13.6. The topological polar surface area (TPSA) is 79.0 Å². The maximum absolute atomic E-state index is 13.3. The molecule has 3 aromatic carbocycles. The Labute approximate surface area is 216 Å². The zero-order valence-corrected chi connectivity index (χ0v) is 20.8. The Morgan fingerprint density at radius 1 is 0.919 bits per heavy atom. The summed E-state index contributed by atoms with van der Waals surface area (Å²) < 4.78 is 6.32. The molecule has 3 aliphatic rings. The minimum absolute atomic E-state index is 0.0468. The van der Waals surface area contributed by atoms with Gasteiger partial charge in [0.15, 0.2) is 0 Å². The van der Waals surface area contributed by atoms with Gasteiger partial charge in [-0.3, -0.25) is 9.89 Å². The first kappa shape index (κ1) is 22.5. The Balaban J connectivity index is 1.09. The number of H-pyrrole nitrogens is 1. The van der Waals surface area contributed by atoms with Crippen molar-refractivity contribution in [2.24, 2.45) is 5.92 Å². The Bertz CT molecular complexity index is 1400. The van der Waals surface area contributed by atoms with Crippen LogP contribution in [0, 0.1) is 5.92 Å². The fourth-order valence-electron chi connectivity index (χ4n) is 6.15. The molecule has 1 aliphatic carbocycles. The summed E-state index contributed by atoms with van der Waals surface area (Å²) >= 11 is 0. The lowest BCUT2D eigenvalue weighted by Gasteiger charge is -2.29. The van der Waals surface area contributed by atoms with Crippen molar-refractivity contribution >= 4 is 16.8 Å². The minimum atomic E-state index is -0.0468. The van der Waals surface area contributed by atoms with Crippen molar-refractivity contribution in [3.8, 4) is 17.0 Å². The third-order valence-electron chi connectivity index (χ3n) is 8.22. The fraction of sp³-hybridized carbons (Fsp3) is 0.355. The molecule has 3 heterocycles. The second kappa shape index (κ2) is 9.34. The summed E-state index contributed by atoms with van der Waals surface area (Å²) in [6, 6.07) is 25.5. The molecule has 0 spiro atoms. The van der Waals surface area contributed by atoms with E-state index in [1.807, 2.05) is 48.5 Å². The Morgan fingerprint density at radius 2 is 1.68 bits per heavy atom. The number of rotatable bonds is 7. The fourth-order valence-corrected chi connectivity index (χ4v) is 6.15. The van der Waals surface area contributed by atoms with E-state index in [9.17, 15) is 4.79 Å². The molecule has 3 fully saturated rings. The van der Waals surface area contributed by atoms with Crippen LogP contribution in [0.4, 0.5) is 0 Å². The lowest BCUT2D eigenvalue weighted by molar-refractivity contribution is 0.0931. The molecule has 37 heavy (non-hydrogen) atoms. The number of fused-ring (bicyclic) bond motifs is 3. The van der Waals surface area contributed by atoms with E-state index in [0.29, 0.717) is 23.6 Å². The molecule has 1 aromatic heterocycles. The van der Waals surface area contributed by atoms with Crippen molar-refractivity contribution in [1.29, 1.82) is 0 Å². The van der Waals surface area contributed by atoms with Gasteiger partial charge in [-0.1, -0.05) is 30.3 Å². The number of benzene rings is 3. The van der Waals surface area contributed by atoms with E-state index >= 15 is 0 Å². The van der Waals surface area contributed by atoms with Crippen LogP contribution in [0.3, 0.4) is 0 Å². The number of carbonyl (C=O) groups is 1. The average Bonchev–Trinajstić information content (AvgIpc) is 3.60. The van der Waals surface area contributed by atoms with Crippen LogP contribution in [0.5, 0.6) is 5.75 Å². The molecule has 4 atom stereocenters. The van der Waals surface area contributed by atoms with Gasteiger partial charge in [-0.25, -0.2) is 0 Å². The van der Waals surface area contributed by atoms with Gasteiger partial charge < -0.3 is 15.4 Å². The van der Waals surface area contributed by atoms with E-state index in [2.05, 4.69) is 45.1 Å². The van der Waals surface area contributed by atoms with Crippen LogP contribution in [0.1, 0.15) is 60.5 Å². The van der Waals surface area contributed by atoms with E-state index in [1.165, 1.54) is 18.4 Å². The van der Waals surface area contributed by atoms with E-state index in [4.69, 9.17) is 4.74 Å². The Kier molecular flexibility index (Phi) is 5.69. The largest absolute Gasteiger partial charge is 0.490 e. The molecule has 1 saturated carbocycles. The molecular weight excluding hydrogens is 460 g/mol. The highest BCUT2D eigenvalue weighted by Crippen LogP contribution is 2.41. The van der Waals surface area contributed by atoms with Crippen molar-refractivity contribution in [2.75, 3.05) is 0 Å². The standard InChI is InChI=1S/C31H32N4O2/c36-31(33-29(20-6-7-20)19-4-2-1-3-5-19)22-10-15-28-27(16-22)30(35-34-28)21-8-13-25(14-9-21)37-26-17-23-11-12-24(18-26)32-23/h1-5,8-10,13-16,20,23-24,26,29,32H,6-7,11-12,17-18H2,(H,33,36)(H,34,35)/t23-,24+,26-,29?. The monoisotopic (exact) mass is 492 g/mol. The second-order valence-corrected chi connectivity index (χ2v) is 10.9. The Morgan fingerprint density at radius 3 is 2.41 bits per heavy atom. The number of piperidine rings is 1. The molecule has 6 heteroatoms. The number of ether oxygens (including phenoxy) is 1. The molecule has 3 N–H and O–H groups in total. The van der Waals surface area contributed by atoms with Crippen molar-refractivity contribution in [2.45, 2.75) is 62.8 Å². The van der Waals surface area contributed by atoms with Crippen molar-refractivity contribution in [3.63, 3.8) is 0 Å². The predicted molar refractivity (Wildman–Crippen MR) is 144 cm³/mol. The number of aromatic nitrogens is 2. The quantitative estimate of drug-likeness (QED) is 0.306. The second-order valence-electron chi connectivity index (χ2n) is 10.9. The van der Waals surface area contributed by atoms with Crippen LogP contribution in [0.2, 0.25) is 0 Å². The number of nitrogens with one attached hydrogen (secondary N) is 3. The number of carbonyl (C=O) groups excluding carboxylic acids is 1. The highest BCUT2D eigenvalue weighted by atomic mass is 16.5. The number of nitrogens with zero attached hydrogens (tertiary/aromatic N) is 1. The molecule has 1 amide bonds. The molecule has 6 nitrogen and oxygen atoms in total. The normalized spacial score (nSPS) is 23.6. The molecule has 2 bridgehead atoms. The van der Waals surface area contributed by atoms with Gasteiger partial charge in [0.1, 0.15) is 11.9 Å². The van der Waals surface area contributed by atoms with Crippen LogP contribution in [-0.4, -0.2) is 34.3 Å². The molecule has 4 aromatic rings. The molecular formula is C31H32N4O2. The number of aromatic amines is 1.